The van der Waals surface area contributed by atoms with Gasteiger partial charge in [0.2, 0.25) is 5.88 Å². The summed E-state index contributed by atoms with van der Waals surface area (Å²) in [4.78, 5) is 6.58. The van der Waals surface area contributed by atoms with E-state index in [9.17, 15) is 0 Å². The number of nitrogens with zero attached hydrogens (tertiary/aromatic N) is 2. The van der Waals surface area contributed by atoms with Gasteiger partial charge in [0.15, 0.2) is 0 Å². The number of likely N-dealkylation sites (N-methyl/N-ethyl adjacent to an activating group) is 1. The first-order chi connectivity index (χ1) is 8.29. The molecule has 1 unspecified atom stereocenters. The van der Waals surface area contributed by atoms with Gasteiger partial charge in [0.25, 0.3) is 0 Å². The minimum atomic E-state index is 0.500. The topological polar surface area (TPSA) is 63.4 Å². The van der Waals surface area contributed by atoms with Crippen LogP contribution in [0.5, 0.6) is 5.88 Å². The average molecular weight is 236 g/mol. The highest BCUT2D eigenvalue weighted by Crippen LogP contribution is 2.17. The van der Waals surface area contributed by atoms with Crippen molar-refractivity contribution in [2.45, 2.75) is 25.3 Å². The maximum Gasteiger partial charge on any atom is 0.215 e. The molecule has 1 aromatic rings. The van der Waals surface area contributed by atoms with Crippen LogP contribution in [0.1, 0.15) is 19.3 Å². The second-order valence-electron chi connectivity index (χ2n) is 4.45. The molecule has 0 spiro atoms. The molecular weight excluding hydrogens is 216 g/mol. The molecule has 17 heavy (non-hydrogen) atoms. The van der Waals surface area contributed by atoms with Crippen molar-refractivity contribution in [3.05, 3.63) is 18.2 Å². The molecule has 1 fully saturated rings. The van der Waals surface area contributed by atoms with Crippen molar-refractivity contribution in [2.75, 3.05) is 25.6 Å². The minimum absolute atomic E-state index is 0.500. The van der Waals surface area contributed by atoms with Crippen LogP contribution < -0.4 is 16.0 Å². The maximum absolute atomic E-state index is 5.71. The van der Waals surface area contributed by atoms with Crippen molar-refractivity contribution in [3.8, 4) is 5.88 Å². The van der Waals surface area contributed by atoms with Gasteiger partial charge in [0, 0.05) is 12.1 Å². The predicted molar refractivity (Wildman–Crippen MR) is 67.8 cm³/mol. The Morgan fingerprint density at radius 3 is 3.18 bits per heavy atom. The summed E-state index contributed by atoms with van der Waals surface area (Å²) >= 11 is 0. The van der Waals surface area contributed by atoms with E-state index < -0.39 is 0 Å². The lowest BCUT2D eigenvalue weighted by atomic mass is 10.0. The molecule has 3 N–H and O–H groups in total. The standard InChI is InChI=1S/C12H20N4O/c1-16-8-3-2-5-10(16)9-17-12-7-4-6-11(14-12)15-13/h4,6-7,10H,2-3,5,8-9,13H2,1H3,(H,14,15). The molecule has 5 heteroatoms. The lowest BCUT2D eigenvalue weighted by molar-refractivity contribution is 0.122. The number of piperidine rings is 1. The molecule has 1 saturated heterocycles. The summed E-state index contributed by atoms with van der Waals surface area (Å²) in [6, 6.07) is 6.03. The van der Waals surface area contributed by atoms with Gasteiger partial charge < -0.3 is 15.1 Å². The molecule has 0 saturated carbocycles. The highest BCUT2D eigenvalue weighted by atomic mass is 16.5. The van der Waals surface area contributed by atoms with Crippen LogP contribution in [-0.4, -0.2) is 36.1 Å². The second kappa shape index (κ2) is 5.84. The SMILES string of the molecule is CN1CCCCC1COc1cccc(NN)n1. The number of hydrogen-bond donors (Lipinski definition) is 2. The molecular formula is C12H20N4O. The third kappa shape index (κ3) is 3.31. The molecule has 1 atom stereocenters. The normalized spacial score (nSPS) is 21.2. The quantitative estimate of drug-likeness (QED) is 0.608. The van der Waals surface area contributed by atoms with Gasteiger partial charge in [-0.3, -0.25) is 0 Å². The average Bonchev–Trinajstić information content (AvgIpc) is 2.38. The van der Waals surface area contributed by atoms with E-state index in [0.29, 0.717) is 24.3 Å². The Hall–Kier alpha value is -1.33. The lowest BCUT2D eigenvalue weighted by Crippen LogP contribution is -2.40. The molecule has 1 aromatic heterocycles. The van der Waals surface area contributed by atoms with Crippen molar-refractivity contribution in [3.63, 3.8) is 0 Å². The summed E-state index contributed by atoms with van der Waals surface area (Å²) < 4.78 is 5.71. The molecule has 94 valence electrons. The van der Waals surface area contributed by atoms with E-state index in [2.05, 4.69) is 22.4 Å². The van der Waals surface area contributed by atoms with E-state index in [0.717, 1.165) is 6.54 Å². The first-order valence-electron chi connectivity index (χ1n) is 6.06. The van der Waals surface area contributed by atoms with Gasteiger partial charge >= 0.3 is 0 Å². The number of aromatic nitrogens is 1. The Bertz CT molecular complexity index is 358. The van der Waals surface area contributed by atoms with E-state index in [1.807, 2.05) is 12.1 Å². The van der Waals surface area contributed by atoms with Crippen molar-refractivity contribution in [1.82, 2.24) is 9.88 Å². The number of rotatable bonds is 4. The Kier molecular flexibility index (Phi) is 4.17. The summed E-state index contributed by atoms with van der Waals surface area (Å²) in [5, 5.41) is 0. The summed E-state index contributed by atoms with van der Waals surface area (Å²) in [5.41, 5.74) is 2.51. The molecule has 0 radical (unpaired) electrons. The molecule has 0 aromatic carbocycles. The van der Waals surface area contributed by atoms with Gasteiger partial charge in [-0.15, -0.1) is 0 Å². The summed E-state index contributed by atoms with van der Waals surface area (Å²) in [7, 11) is 2.15. The fourth-order valence-electron chi connectivity index (χ4n) is 2.11. The van der Waals surface area contributed by atoms with E-state index in [-0.39, 0.29) is 0 Å². The van der Waals surface area contributed by atoms with Crippen molar-refractivity contribution in [1.29, 1.82) is 0 Å². The van der Waals surface area contributed by atoms with Crippen LogP contribution in [-0.2, 0) is 0 Å². The van der Waals surface area contributed by atoms with Gasteiger partial charge in [0.1, 0.15) is 12.4 Å². The Balaban J connectivity index is 1.88. The van der Waals surface area contributed by atoms with Crippen molar-refractivity contribution < 1.29 is 4.74 Å². The molecule has 0 amide bonds. The van der Waals surface area contributed by atoms with Crippen LogP contribution in [0.3, 0.4) is 0 Å². The molecule has 5 nitrogen and oxygen atoms in total. The first-order valence-corrected chi connectivity index (χ1v) is 6.06. The maximum atomic E-state index is 5.71. The van der Waals surface area contributed by atoms with Gasteiger partial charge in [-0.25, -0.2) is 5.84 Å². The number of nitrogens with one attached hydrogen (secondary N) is 1. The van der Waals surface area contributed by atoms with Crippen LogP contribution >= 0.6 is 0 Å². The van der Waals surface area contributed by atoms with Crippen LogP contribution in [0.15, 0.2) is 18.2 Å². The Morgan fingerprint density at radius 1 is 1.53 bits per heavy atom. The van der Waals surface area contributed by atoms with Gasteiger partial charge in [-0.05, 0) is 32.5 Å². The monoisotopic (exact) mass is 236 g/mol. The molecule has 0 aliphatic carbocycles. The van der Waals surface area contributed by atoms with Crippen LogP contribution in [0, 0.1) is 0 Å². The largest absolute Gasteiger partial charge is 0.476 e. The molecule has 2 heterocycles. The summed E-state index contributed by atoms with van der Waals surface area (Å²) in [6.07, 6.45) is 3.78. The van der Waals surface area contributed by atoms with E-state index in [4.69, 9.17) is 10.6 Å². The van der Waals surface area contributed by atoms with Gasteiger partial charge in [0.05, 0.1) is 0 Å². The van der Waals surface area contributed by atoms with Gasteiger partial charge in [-0.1, -0.05) is 12.5 Å². The van der Waals surface area contributed by atoms with E-state index in [1.54, 1.807) is 6.07 Å². The zero-order valence-corrected chi connectivity index (χ0v) is 10.2. The third-order valence-corrected chi connectivity index (χ3v) is 3.22. The Morgan fingerprint density at radius 2 is 2.41 bits per heavy atom. The van der Waals surface area contributed by atoms with E-state index in [1.165, 1.54) is 19.3 Å². The van der Waals surface area contributed by atoms with Crippen LogP contribution in [0.4, 0.5) is 5.82 Å². The predicted octanol–water partition coefficient (Wildman–Crippen LogP) is 1.23. The smallest absolute Gasteiger partial charge is 0.215 e. The molecule has 2 rings (SSSR count). The molecule has 1 aliphatic heterocycles. The number of hydrazine groups is 1. The number of hydrogen-bond acceptors (Lipinski definition) is 5. The molecule has 0 bridgehead atoms. The number of likely N-dealkylation sites (tertiary alicyclic amines) is 1. The van der Waals surface area contributed by atoms with Crippen LogP contribution in [0.25, 0.3) is 0 Å². The number of anilines is 1. The van der Waals surface area contributed by atoms with E-state index >= 15 is 0 Å². The number of nitrogens with two attached hydrogens (primary N) is 1. The minimum Gasteiger partial charge on any atom is -0.476 e. The third-order valence-electron chi connectivity index (χ3n) is 3.22. The number of nitrogen functional groups attached to an aromatic ring is 1. The highest BCUT2D eigenvalue weighted by Gasteiger charge is 2.19. The lowest BCUT2D eigenvalue weighted by Gasteiger charge is -2.31. The van der Waals surface area contributed by atoms with Crippen molar-refractivity contribution >= 4 is 5.82 Å². The van der Waals surface area contributed by atoms with Gasteiger partial charge in [-0.2, -0.15) is 4.98 Å². The van der Waals surface area contributed by atoms with Crippen LogP contribution in [0.2, 0.25) is 0 Å². The highest BCUT2D eigenvalue weighted by molar-refractivity contribution is 5.35. The first kappa shape index (κ1) is 12.1. The fourth-order valence-corrected chi connectivity index (χ4v) is 2.11. The Labute approximate surface area is 102 Å². The number of ether oxygens (including phenoxy) is 1. The zero-order valence-electron chi connectivity index (χ0n) is 10.2. The number of pyridine rings is 1. The van der Waals surface area contributed by atoms with Crippen molar-refractivity contribution in [2.24, 2.45) is 5.84 Å². The summed E-state index contributed by atoms with van der Waals surface area (Å²) in [5.74, 6) is 6.55. The zero-order chi connectivity index (χ0) is 12.1. The summed E-state index contributed by atoms with van der Waals surface area (Å²) in [6.45, 7) is 1.85. The second-order valence-corrected chi connectivity index (χ2v) is 4.45. The molecule has 1 aliphatic rings. The fraction of sp³-hybridized carbons (Fsp3) is 0.583.